The van der Waals surface area contributed by atoms with Crippen LogP contribution in [0.15, 0.2) is 18.2 Å². The third-order valence-electron chi connectivity index (χ3n) is 2.25. The van der Waals surface area contributed by atoms with Crippen LogP contribution < -0.4 is 11.1 Å². The van der Waals surface area contributed by atoms with E-state index in [1.165, 1.54) is 12.1 Å². The van der Waals surface area contributed by atoms with Gasteiger partial charge in [0.2, 0.25) is 5.91 Å². The van der Waals surface area contributed by atoms with E-state index in [9.17, 15) is 9.18 Å². The fourth-order valence-electron chi connectivity index (χ4n) is 1.49. The van der Waals surface area contributed by atoms with Gasteiger partial charge in [-0.2, -0.15) is 0 Å². The van der Waals surface area contributed by atoms with E-state index in [0.717, 1.165) is 12.0 Å². The van der Waals surface area contributed by atoms with Gasteiger partial charge in [-0.15, -0.1) is 12.4 Å². The first kappa shape index (κ1) is 15.9. The van der Waals surface area contributed by atoms with Crippen molar-refractivity contribution in [2.75, 3.05) is 5.32 Å². The Morgan fingerprint density at radius 1 is 1.47 bits per heavy atom. The second-order valence-electron chi connectivity index (χ2n) is 3.90. The summed E-state index contributed by atoms with van der Waals surface area (Å²) in [5, 5.41) is 2.60. The Labute approximate surface area is 107 Å². The summed E-state index contributed by atoms with van der Waals surface area (Å²) < 4.78 is 13.0. The highest BCUT2D eigenvalue weighted by Gasteiger charge is 2.12. The number of nitrogens with two attached hydrogens (primary N) is 1. The van der Waals surface area contributed by atoms with Crippen LogP contribution in [0.4, 0.5) is 10.1 Å². The summed E-state index contributed by atoms with van der Waals surface area (Å²) in [6.07, 6.45) is 1.47. The molecule has 0 saturated carbocycles. The maximum atomic E-state index is 13.0. The molecule has 1 rings (SSSR count). The van der Waals surface area contributed by atoms with Gasteiger partial charge >= 0.3 is 0 Å². The Balaban J connectivity index is 0.00000256. The Morgan fingerprint density at radius 2 is 2.12 bits per heavy atom. The number of carbonyl (C=O) groups is 1. The lowest BCUT2D eigenvalue weighted by molar-refractivity contribution is -0.117. The fourth-order valence-corrected chi connectivity index (χ4v) is 1.49. The second-order valence-corrected chi connectivity index (χ2v) is 3.90. The molecule has 3 N–H and O–H groups in total. The van der Waals surface area contributed by atoms with Crippen molar-refractivity contribution in [2.45, 2.75) is 32.7 Å². The zero-order chi connectivity index (χ0) is 12.1. The molecule has 1 aromatic carbocycles. The molecule has 0 aliphatic rings. The Kier molecular flexibility index (Phi) is 6.76. The molecule has 0 aliphatic heterocycles. The van der Waals surface area contributed by atoms with Gasteiger partial charge in [0.1, 0.15) is 5.82 Å². The van der Waals surface area contributed by atoms with Crippen molar-refractivity contribution in [3.8, 4) is 0 Å². The Morgan fingerprint density at radius 3 is 2.65 bits per heavy atom. The summed E-state index contributed by atoms with van der Waals surface area (Å²) in [5.74, 6) is -0.633. The van der Waals surface area contributed by atoms with Crippen LogP contribution >= 0.6 is 12.4 Å². The first-order chi connectivity index (χ1) is 7.52. The first-order valence-electron chi connectivity index (χ1n) is 5.36. The predicted molar refractivity (Wildman–Crippen MR) is 69.9 cm³/mol. The van der Waals surface area contributed by atoms with Crippen LogP contribution in [0, 0.1) is 12.7 Å². The summed E-state index contributed by atoms with van der Waals surface area (Å²) in [6, 6.07) is 3.86. The number of amides is 1. The van der Waals surface area contributed by atoms with E-state index in [1.54, 1.807) is 13.0 Å². The van der Waals surface area contributed by atoms with Crippen LogP contribution in [0.3, 0.4) is 0 Å². The van der Waals surface area contributed by atoms with Gasteiger partial charge in [0, 0.05) is 5.69 Å². The molecule has 1 aromatic rings. The average Bonchev–Trinajstić information content (AvgIpc) is 2.16. The number of aryl methyl sites for hydroxylation is 1. The molecule has 0 bridgehead atoms. The zero-order valence-corrected chi connectivity index (χ0v) is 10.8. The van der Waals surface area contributed by atoms with Crippen LogP contribution in [0.2, 0.25) is 0 Å². The van der Waals surface area contributed by atoms with Gasteiger partial charge in [0.25, 0.3) is 0 Å². The maximum absolute atomic E-state index is 13.0. The Bertz CT molecular complexity index is 365. The van der Waals surface area contributed by atoms with E-state index >= 15 is 0 Å². The van der Waals surface area contributed by atoms with Gasteiger partial charge < -0.3 is 11.1 Å². The molecule has 0 spiro atoms. The minimum Gasteiger partial charge on any atom is -0.325 e. The summed E-state index contributed by atoms with van der Waals surface area (Å²) >= 11 is 0. The highest BCUT2D eigenvalue weighted by molar-refractivity contribution is 5.94. The number of halogens is 2. The van der Waals surface area contributed by atoms with Crippen molar-refractivity contribution >= 4 is 24.0 Å². The van der Waals surface area contributed by atoms with Gasteiger partial charge in [-0.3, -0.25) is 4.79 Å². The molecule has 0 fully saturated rings. The standard InChI is InChI=1S/C12H17FN2O.ClH/c1-3-4-11(14)12(16)15-10-6-8(2)5-9(13)7-10;/h5-7,11H,3-4,14H2,1-2H3,(H,15,16);1H. The molecule has 17 heavy (non-hydrogen) atoms. The molecule has 0 aromatic heterocycles. The van der Waals surface area contributed by atoms with E-state index in [-0.39, 0.29) is 24.1 Å². The number of anilines is 1. The summed E-state index contributed by atoms with van der Waals surface area (Å²) in [4.78, 5) is 11.6. The van der Waals surface area contributed by atoms with Crippen molar-refractivity contribution in [2.24, 2.45) is 5.73 Å². The molecular formula is C12H18ClFN2O. The van der Waals surface area contributed by atoms with Gasteiger partial charge in [-0.1, -0.05) is 13.3 Å². The third-order valence-corrected chi connectivity index (χ3v) is 2.25. The number of hydrogen-bond donors (Lipinski definition) is 2. The first-order valence-corrected chi connectivity index (χ1v) is 5.36. The molecule has 0 heterocycles. The monoisotopic (exact) mass is 260 g/mol. The topological polar surface area (TPSA) is 55.1 Å². The largest absolute Gasteiger partial charge is 0.325 e. The van der Waals surface area contributed by atoms with Crippen LogP contribution in [-0.2, 0) is 4.79 Å². The average molecular weight is 261 g/mol. The maximum Gasteiger partial charge on any atom is 0.241 e. The van der Waals surface area contributed by atoms with Gasteiger partial charge in [0.05, 0.1) is 6.04 Å². The third kappa shape index (κ3) is 5.15. The fraction of sp³-hybridized carbons (Fsp3) is 0.417. The van der Waals surface area contributed by atoms with Crippen molar-refractivity contribution in [1.29, 1.82) is 0 Å². The quantitative estimate of drug-likeness (QED) is 0.874. The van der Waals surface area contributed by atoms with E-state index in [4.69, 9.17) is 5.73 Å². The number of benzene rings is 1. The molecule has 1 atom stereocenters. The molecule has 0 aliphatic carbocycles. The molecule has 1 unspecified atom stereocenters. The normalized spacial score (nSPS) is 11.5. The lowest BCUT2D eigenvalue weighted by Gasteiger charge is -2.11. The smallest absolute Gasteiger partial charge is 0.241 e. The molecular weight excluding hydrogens is 243 g/mol. The molecule has 3 nitrogen and oxygen atoms in total. The second kappa shape index (κ2) is 7.25. The Hall–Kier alpha value is -1.13. The van der Waals surface area contributed by atoms with Gasteiger partial charge in [-0.05, 0) is 37.1 Å². The summed E-state index contributed by atoms with van der Waals surface area (Å²) in [5.41, 5.74) is 6.86. The van der Waals surface area contributed by atoms with Crippen molar-refractivity contribution < 1.29 is 9.18 Å². The van der Waals surface area contributed by atoms with Crippen LogP contribution in [0.5, 0.6) is 0 Å². The molecule has 96 valence electrons. The number of carbonyl (C=O) groups excluding carboxylic acids is 1. The van der Waals surface area contributed by atoms with Crippen molar-refractivity contribution in [3.63, 3.8) is 0 Å². The number of hydrogen-bond acceptors (Lipinski definition) is 2. The molecule has 0 radical (unpaired) electrons. The van der Waals surface area contributed by atoms with Crippen LogP contribution in [-0.4, -0.2) is 11.9 Å². The van der Waals surface area contributed by atoms with Crippen molar-refractivity contribution in [1.82, 2.24) is 0 Å². The summed E-state index contributed by atoms with van der Waals surface area (Å²) in [6.45, 7) is 3.73. The number of nitrogens with one attached hydrogen (secondary N) is 1. The minimum atomic E-state index is -0.534. The highest BCUT2D eigenvalue weighted by Crippen LogP contribution is 2.13. The number of rotatable bonds is 4. The van der Waals surface area contributed by atoms with E-state index in [1.807, 2.05) is 6.92 Å². The lowest BCUT2D eigenvalue weighted by atomic mass is 10.1. The zero-order valence-electron chi connectivity index (χ0n) is 10.00. The molecule has 0 saturated heterocycles. The van der Waals surface area contributed by atoms with E-state index < -0.39 is 6.04 Å². The predicted octanol–water partition coefficient (Wildman–Crippen LogP) is 2.62. The molecule has 1 amide bonds. The van der Waals surface area contributed by atoms with Crippen LogP contribution in [0.25, 0.3) is 0 Å². The molecule has 5 heteroatoms. The SMILES string of the molecule is CCCC(N)C(=O)Nc1cc(C)cc(F)c1.Cl. The van der Waals surface area contributed by atoms with Gasteiger partial charge in [-0.25, -0.2) is 4.39 Å². The van der Waals surface area contributed by atoms with Gasteiger partial charge in [0.15, 0.2) is 0 Å². The minimum absolute atomic E-state index is 0. The van der Waals surface area contributed by atoms with E-state index in [2.05, 4.69) is 5.32 Å². The van der Waals surface area contributed by atoms with Crippen molar-refractivity contribution in [3.05, 3.63) is 29.6 Å². The lowest BCUT2D eigenvalue weighted by Crippen LogP contribution is -2.35. The summed E-state index contributed by atoms with van der Waals surface area (Å²) in [7, 11) is 0. The van der Waals surface area contributed by atoms with E-state index in [0.29, 0.717) is 12.1 Å². The van der Waals surface area contributed by atoms with Crippen LogP contribution in [0.1, 0.15) is 25.3 Å². The highest BCUT2D eigenvalue weighted by atomic mass is 35.5.